The summed E-state index contributed by atoms with van der Waals surface area (Å²) in [5.41, 5.74) is 1.60. The fourth-order valence-electron chi connectivity index (χ4n) is 3.24. The molecule has 0 saturated carbocycles. The van der Waals surface area contributed by atoms with Crippen LogP contribution in [0.4, 0.5) is 0 Å². The molecule has 0 aliphatic carbocycles. The Hall–Kier alpha value is -2.41. The van der Waals surface area contributed by atoms with Gasteiger partial charge in [0.2, 0.25) is 5.91 Å². The number of hydrogen-bond acceptors (Lipinski definition) is 4. The van der Waals surface area contributed by atoms with Crippen molar-refractivity contribution in [3.63, 3.8) is 0 Å². The SMILES string of the molecule is CC(C)(C)c1ccc(C(=O)NCC(=O)NCC(C(=O)O)C2CCOCC2)cc1. The topological polar surface area (TPSA) is 105 Å². The smallest absolute Gasteiger partial charge is 0.308 e. The van der Waals surface area contributed by atoms with Gasteiger partial charge >= 0.3 is 5.97 Å². The van der Waals surface area contributed by atoms with Crippen molar-refractivity contribution in [2.75, 3.05) is 26.3 Å². The lowest BCUT2D eigenvalue weighted by molar-refractivity contribution is -0.144. The Bertz CT molecular complexity index is 688. The van der Waals surface area contributed by atoms with Crippen molar-refractivity contribution in [2.24, 2.45) is 11.8 Å². The van der Waals surface area contributed by atoms with Crippen LogP contribution in [-0.4, -0.2) is 49.2 Å². The van der Waals surface area contributed by atoms with Crippen molar-refractivity contribution in [3.8, 4) is 0 Å². The summed E-state index contributed by atoms with van der Waals surface area (Å²) in [4.78, 5) is 35.7. The van der Waals surface area contributed by atoms with Crippen molar-refractivity contribution in [1.82, 2.24) is 10.6 Å². The van der Waals surface area contributed by atoms with Crippen LogP contribution in [0, 0.1) is 11.8 Å². The van der Waals surface area contributed by atoms with Gasteiger partial charge in [-0.25, -0.2) is 0 Å². The molecular formula is C21H30N2O5. The summed E-state index contributed by atoms with van der Waals surface area (Å²) in [6, 6.07) is 7.28. The van der Waals surface area contributed by atoms with Gasteiger partial charge in [-0.05, 0) is 41.9 Å². The van der Waals surface area contributed by atoms with Gasteiger partial charge in [-0.1, -0.05) is 32.9 Å². The van der Waals surface area contributed by atoms with Crippen molar-refractivity contribution in [1.29, 1.82) is 0 Å². The zero-order valence-electron chi connectivity index (χ0n) is 16.8. The second-order valence-corrected chi connectivity index (χ2v) is 8.21. The number of benzene rings is 1. The second kappa shape index (κ2) is 9.68. The molecule has 1 unspecified atom stereocenters. The zero-order chi connectivity index (χ0) is 20.7. The van der Waals surface area contributed by atoms with E-state index in [4.69, 9.17) is 4.74 Å². The molecule has 3 N–H and O–H groups in total. The van der Waals surface area contributed by atoms with Gasteiger partial charge in [0, 0.05) is 25.3 Å². The van der Waals surface area contributed by atoms with Crippen LogP contribution in [-0.2, 0) is 19.7 Å². The standard InChI is InChI=1S/C21H30N2O5/c1-21(2,3)16-6-4-15(5-7-16)19(25)23-13-18(24)22-12-17(20(26)27)14-8-10-28-11-9-14/h4-7,14,17H,8-13H2,1-3H3,(H,22,24)(H,23,25)(H,26,27). The highest BCUT2D eigenvalue weighted by atomic mass is 16.5. The number of carbonyl (C=O) groups is 3. The van der Waals surface area contributed by atoms with Gasteiger partial charge in [0.15, 0.2) is 0 Å². The molecule has 7 nitrogen and oxygen atoms in total. The van der Waals surface area contributed by atoms with Crippen LogP contribution < -0.4 is 10.6 Å². The summed E-state index contributed by atoms with van der Waals surface area (Å²) in [5, 5.41) is 14.6. The molecule has 0 bridgehead atoms. The second-order valence-electron chi connectivity index (χ2n) is 8.21. The van der Waals surface area contributed by atoms with Crippen LogP contribution in [0.15, 0.2) is 24.3 Å². The number of carbonyl (C=O) groups excluding carboxylic acids is 2. The number of carboxylic acid groups (broad SMARTS) is 1. The Balaban J connectivity index is 1.80. The molecule has 1 fully saturated rings. The van der Waals surface area contributed by atoms with Gasteiger partial charge in [0.05, 0.1) is 12.5 Å². The van der Waals surface area contributed by atoms with Crippen molar-refractivity contribution in [3.05, 3.63) is 35.4 Å². The number of rotatable bonds is 7. The minimum absolute atomic E-state index is 0.0000314. The minimum Gasteiger partial charge on any atom is -0.481 e. The molecular weight excluding hydrogens is 360 g/mol. The summed E-state index contributed by atoms with van der Waals surface area (Å²) < 4.78 is 5.26. The van der Waals surface area contributed by atoms with E-state index < -0.39 is 17.8 Å². The zero-order valence-corrected chi connectivity index (χ0v) is 16.8. The van der Waals surface area contributed by atoms with E-state index in [-0.39, 0.29) is 30.3 Å². The normalized spacial score (nSPS) is 16.2. The van der Waals surface area contributed by atoms with E-state index in [2.05, 4.69) is 31.4 Å². The van der Waals surface area contributed by atoms with Crippen molar-refractivity contribution < 1.29 is 24.2 Å². The first-order chi connectivity index (χ1) is 13.2. The third kappa shape index (κ3) is 6.34. The summed E-state index contributed by atoms with van der Waals surface area (Å²) >= 11 is 0. The predicted molar refractivity (Wildman–Crippen MR) is 105 cm³/mol. The maximum atomic E-state index is 12.2. The van der Waals surface area contributed by atoms with Crippen LogP contribution in [0.3, 0.4) is 0 Å². The fraction of sp³-hybridized carbons (Fsp3) is 0.571. The van der Waals surface area contributed by atoms with Gasteiger partial charge in [0.25, 0.3) is 5.91 Å². The van der Waals surface area contributed by atoms with E-state index in [1.54, 1.807) is 12.1 Å². The summed E-state index contributed by atoms with van der Waals surface area (Å²) in [5.74, 6) is -2.32. The molecule has 154 valence electrons. The number of hydrogen-bond donors (Lipinski definition) is 3. The number of nitrogens with one attached hydrogen (secondary N) is 2. The summed E-state index contributed by atoms with van der Waals surface area (Å²) in [6.07, 6.45) is 1.35. The van der Waals surface area contributed by atoms with Gasteiger partial charge in [-0.3, -0.25) is 14.4 Å². The van der Waals surface area contributed by atoms with Gasteiger partial charge in [-0.15, -0.1) is 0 Å². The molecule has 7 heteroatoms. The molecule has 2 amide bonds. The van der Waals surface area contributed by atoms with Gasteiger partial charge < -0.3 is 20.5 Å². The minimum atomic E-state index is -0.921. The third-order valence-electron chi connectivity index (χ3n) is 5.09. The van der Waals surface area contributed by atoms with Crippen LogP contribution in [0.25, 0.3) is 0 Å². The molecule has 1 heterocycles. The van der Waals surface area contributed by atoms with E-state index in [9.17, 15) is 19.5 Å². The van der Waals surface area contributed by atoms with E-state index in [1.165, 1.54) is 0 Å². The average molecular weight is 390 g/mol. The summed E-state index contributed by atoms with van der Waals surface area (Å²) in [7, 11) is 0. The van der Waals surface area contributed by atoms with Gasteiger partial charge in [0.1, 0.15) is 0 Å². The fourth-order valence-corrected chi connectivity index (χ4v) is 3.24. The Labute approximate surface area is 165 Å². The van der Waals surface area contributed by atoms with E-state index in [0.717, 1.165) is 5.56 Å². The molecule has 0 aromatic heterocycles. The van der Waals surface area contributed by atoms with Crippen molar-refractivity contribution >= 4 is 17.8 Å². The largest absolute Gasteiger partial charge is 0.481 e. The lowest BCUT2D eigenvalue weighted by Crippen LogP contribution is -2.42. The number of aliphatic carboxylic acids is 1. The average Bonchev–Trinajstić information content (AvgIpc) is 2.66. The molecule has 1 aliphatic heterocycles. The van der Waals surface area contributed by atoms with Crippen LogP contribution in [0.1, 0.15) is 49.5 Å². The molecule has 28 heavy (non-hydrogen) atoms. The number of ether oxygens (including phenoxy) is 1. The lowest BCUT2D eigenvalue weighted by Gasteiger charge is -2.27. The van der Waals surface area contributed by atoms with Crippen LogP contribution >= 0.6 is 0 Å². The highest BCUT2D eigenvalue weighted by Crippen LogP contribution is 2.24. The molecule has 1 aliphatic rings. The highest BCUT2D eigenvalue weighted by molar-refractivity contribution is 5.96. The number of amides is 2. The maximum Gasteiger partial charge on any atom is 0.308 e. The first-order valence-corrected chi connectivity index (χ1v) is 9.64. The first kappa shape index (κ1) is 21.9. The highest BCUT2D eigenvalue weighted by Gasteiger charge is 2.30. The van der Waals surface area contributed by atoms with Crippen LogP contribution in [0.2, 0.25) is 0 Å². The molecule has 2 rings (SSSR count). The molecule has 0 spiro atoms. The van der Waals surface area contributed by atoms with Gasteiger partial charge in [-0.2, -0.15) is 0 Å². The predicted octanol–water partition coefficient (Wildman–Crippen LogP) is 1.96. The Morgan fingerprint density at radius 1 is 1.11 bits per heavy atom. The third-order valence-corrected chi connectivity index (χ3v) is 5.09. The van der Waals surface area contributed by atoms with E-state index in [1.807, 2.05) is 12.1 Å². The summed E-state index contributed by atoms with van der Waals surface area (Å²) in [6.45, 7) is 7.24. The van der Waals surface area contributed by atoms with E-state index in [0.29, 0.717) is 31.6 Å². The molecule has 1 aromatic rings. The Morgan fingerprint density at radius 2 is 1.71 bits per heavy atom. The quantitative estimate of drug-likeness (QED) is 0.660. The monoisotopic (exact) mass is 390 g/mol. The molecule has 1 atom stereocenters. The Morgan fingerprint density at radius 3 is 2.25 bits per heavy atom. The molecule has 1 aromatic carbocycles. The maximum absolute atomic E-state index is 12.2. The van der Waals surface area contributed by atoms with E-state index >= 15 is 0 Å². The Kier molecular flexibility index (Phi) is 7.57. The first-order valence-electron chi connectivity index (χ1n) is 9.64. The molecule has 0 radical (unpaired) electrons. The van der Waals surface area contributed by atoms with Crippen molar-refractivity contribution in [2.45, 2.75) is 39.0 Å². The molecule has 1 saturated heterocycles. The number of carboxylic acids is 1. The lowest BCUT2D eigenvalue weighted by atomic mass is 9.86. The van der Waals surface area contributed by atoms with Crippen LogP contribution in [0.5, 0.6) is 0 Å².